The number of nitrogens with one attached hydrogen (secondary N) is 1. The van der Waals surface area contributed by atoms with Gasteiger partial charge >= 0.3 is 0 Å². The van der Waals surface area contributed by atoms with Gasteiger partial charge in [-0.25, -0.2) is 4.98 Å². The maximum atomic E-state index is 12.6. The van der Waals surface area contributed by atoms with Crippen LogP contribution in [0.5, 0.6) is 0 Å². The molecule has 0 spiro atoms. The van der Waals surface area contributed by atoms with Crippen LogP contribution in [0.2, 0.25) is 0 Å². The third-order valence-corrected chi connectivity index (χ3v) is 5.19. The number of aromatic nitrogens is 2. The molecule has 0 atom stereocenters. The van der Waals surface area contributed by atoms with Crippen LogP contribution in [0.1, 0.15) is 57.8 Å². The lowest BCUT2D eigenvalue weighted by Gasteiger charge is -2.33. The Labute approximate surface area is 138 Å². The normalized spacial score (nSPS) is 21.5. The summed E-state index contributed by atoms with van der Waals surface area (Å²) in [5.41, 5.74) is 0. The summed E-state index contributed by atoms with van der Waals surface area (Å²) in [5, 5.41) is 3.33. The Morgan fingerprint density at radius 2 is 1.70 bits per heavy atom. The van der Waals surface area contributed by atoms with Crippen molar-refractivity contribution in [2.45, 2.75) is 63.8 Å². The predicted molar refractivity (Wildman–Crippen MR) is 91.2 cm³/mol. The minimum atomic E-state index is 0.161. The zero-order valence-electron chi connectivity index (χ0n) is 13.9. The van der Waals surface area contributed by atoms with E-state index in [1.165, 1.54) is 32.1 Å². The first kappa shape index (κ1) is 16.2. The fourth-order valence-electron chi connectivity index (χ4n) is 3.74. The number of rotatable bonds is 3. The quantitative estimate of drug-likeness (QED) is 0.931. The van der Waals surface area contributed by atoms with Crippen LogP contribution in [0.4, 0.5) is 5.82 Å². The van der Waals surface area contributed by atoms with Crippen molar-refractivity contribution in [3.63, 3.8) is 0 Å². The molecule has 1 aliphatic carbocycles. The lowest BCUT2D eigenvalue weighted by atomic mass is 9.93. The molecule has 2 fully saturated rings. The summed E-state index contributed by atoms with van der Waals surface area (Å²) in [6.07, 6.45) is 15.9. The van der Waals surface area contributed by atoms with E-state index in [-0.39, 0.29) is 11.8 Å². The molecule has 0 unspecified atom stereocenters. The summed E-state index contributed by atoms with van der Waals surface area (Å²) in [6, 6.07) is 0.404. The second-order valence-corrected chi connectivity index (χ2v) is 6.88. The molecule has 2 heterocycles. The highest BCUT2D eigenvalue weighted by Crippen LogP contribution is 2.22. The molecule has 2 aliphatic rings. The number of hydrogen-bond acceptors (Lipinski definition) is 4. The SMILES string of the molecule is O=C(NC1CCCCCCC1)C1CCN(c2cnccn2)CC1. The second kappa shape index (κ2) is 8.27. The van der Waals surface area contributed by atoms with E-state index in [2.05, 4.69) is 20.2 Å². The van der Waals surface area contributed by atoms with Crippen molar-refractivity contribution < 1.29 is 4.79 Å². The Bertz CT molecular complexity index is 477. The lowest BCUT2D eigenvalue weighted by molar-refractivity contribution is -0.126. The topological polar surface area (TPSA) is 58.1 Å². The molecular weight excluding hydrogens is 288 g/mol. The molecule has 5 nitrogen and oxygen atoms in total. The fourth-order valence-corrected chi connectivity index (χ4v) is 3.74. The van der Waals surface area contributed by atoms with Gasteiger partial charge in [0.1, 0.15) is 5.82 Å². The van der Waals surface area contributed by atoms with Crippen molar-refractivity contribution in [3.05, 3.63) is 18.6 Å². The standard InChI is InChI=1S/C18H28N4O/c23-18(21-16-6-4-2-1-3-5-7-16)15-8-12-22(13-9-15)17-14-19-10-11-20-17/h10-11,14-16H,1-9,12-13H2,(H,21,23). The number of piperidine rings is 1. The maximum absolute atomic E-state index is 12.6. The Balaban J connectivity index is 1.46. The van der Waals surface area contributed by atoms with E-state index in [4.69, 9.17) is 0 Å². The van der Waals surface area contributed by atoms with Gasteiger partial charge in [0.15, 0.2) is 0 Å². The van der Waals surface area contributed by atoms with Gasteiger partial charge in [0.05, 0.1) is 6.20 Å². The lowest BCUT2D eigenvalue weighted by Crippen LogP contribution is -2.44. The van der Waals surface area contributed by atoms with Gasteiger partial charge in [0.25, 0.3) is 0 Å². The number of nitrogens with zero attached hydrogens (tertiary/aromatic N) is 3. The third kappa shape index (κ3) is 4.66. The van der Waals surface area contributed by atoms with Crippen LogP contribution >= 0.6 is 0 Å². The average molecular weight is 316 g/mol. The van der Waals surface area contributed by atoms with Crippen LogP contribution in [0.15, 0.2) is 18.6 Å². The van der Waals surface area contributed by atoms with E-state index in [0.29, 0.717) is 6.04 Å². The van der Waals surface area contributed by atoms with E-state index in [0.717, 1.165) is 44.6 Å². The molecule has 1 amide bonds. The van der Waals surface area contributed by atoms with Crippen LogP contribution in [-0.2, 0) is 4.79 Å². The van der Waals surface area contributed by atoms with Gasteiger partial charge in [0.2, 0.25) is 5.91 Å². The number of amides is 1. The molecule has 0 radical (unpaired) electrons. The Morgan fingerprint density at radius 3 is 2.35 bits per heavy atom. The van der Waals surface area contributed by atoms with E-state index in [1.807, 2.05) is 0 Å². The van der Waals surface area contributed by atoms with Crippen LogP contribution in [0.3, 0.4) is 0 Å². The summed E-state index contributed by atoms with van der Waals surface area (Å²) in [4.78, 5) is 23.3. The number of carbonyl (C=O) groups excluding carboxylic acids is 1. The molecule has 0 bridgehead atoms. The first-order valence-corrected chi connectivity index (χ1v) is 9.14. The van der Waals surface area contributed by atoms with Crippen molar-refractivity contribution in [3.8, 4) is 0 Å². The minimum absolute atomic E-state index is 0.161. The van der Waals surface area contributed by atoms with Crippen LogP contribution < -0.4 is 10.2 Å². The van der Waals surface area contributed by atoms with Gasteiger partial charge in [-0.05, 0) is 25.7 Å². The first-order valence-electron chi connectivity index (χ1n) is 9.14. The highest BCUT2D eigenvalue weighted by molar-refractivity contribution is 5.79. The Kier molecular flexibility index (Phi) is 5.83. The molecule has 0 aromatic carbocycles. The van der Waals surface area contributed by atoms with Gasteiger partial charge in [0, 0.05) is 37.4 Å². The summed E-state index contributed by atoms with van der Waals surface area (Å²) in [7, 11) is 0. The maximum Gasteiger partial charge on any atom is 0.223 e. The molecule has 1 aromatic rings. The average Bonchev–Trinajstić information content (AvgIpc) is 2.58. The van der Waals surface area contributed by atoms with Gasteiger partial charge in [-0.1, -0.05) is 32.1 Å². The smallest absolute Gasteiger partial charge is 0.223 e. The summed E-state index contributed by atoms with van der Waals surface area (Å²) < 4.78 is 0. The molecular formula is C18H28N4O. The summed E-state index contributed by atoms with van der Waals surface area (Å²) in [5.74, 6) is 1.36. The molecule has 5 heteroatoms. The van der Waals surface area contributed by atoms with E-state index in [9.17, 15) is 4.79 Å². The molecule has 3 rings (SSSR count). The molecule has 1 saturated carbocycles. The van der Waals surface area contributed by atoms with E-state index in [1.54, 1.807) is 18.6 Å². The highest BCUT2D eigenvalue weighted by atomic mass is 16.1. The number of anilines is 1. The zero-order chi connectivity index (χ0) is 15.9. The molecule has 1 saturated heterocycles. The molecule has 1 aromatic heterocycles. The fraction of sp³-hybridized carbons (Fsp3) is 0.722. The van der Waals surface area contributed by atoms with Crippen molar-refractivity contribution in [1.82, 2.24) is 15.3 Å². The van der Waals surface area contributed by atoms with Crippen LogP contribution in [-0.4, -0.2) is 35.0 Å². The van der Waals surface area contributed by atoms with Crippen molar-refractivity contribution in [2.75, 3.05) is 18.0 Å². The third-order valence-electron chi connectivity index (χ3n) is 5.19. The first-order chi connectivity index (χ1) is 11.3. The minimum Gasteiger partial charge on any atom is -0.355 e. The number of carbonyl (C=O) groups is 1. The summed E-state index contributed by atoms with van der Waals surface area (Å²) in [6.45, 7) is 1.78. The Morgan fingerprint density at radius 1 is 1.00 bits per heavy atom. The highest BCUT2D eigenvalue weighted by Gasteiger charge is 2.27. The largest absolute Gasteiger partial charge is 0.355 e. The zero-order valence-corrected chi connectivity index (χ0v) is 13.9. The Hall–Kier alpha value is -1.65. The second-order valence-electron chi connectivity index (χ2n) is 6.88. The van der Waals surface area contributed by atoms with E-state index < -0.39 is 0 Å². The van der Waals surface area contributed by atoms with Crippen LogP contribution in [0.25, 0.3) is 0 Å². The summed E-state index contributed by atoms with van der Waals surface area (Å²) >= 11 is 0. The van der Waals surface area contributed by atoms with Gasteiger partial charge in [-0.2, -0.15) is 0 Å². The molecule has 1 N–H and O–H groups in total. The van der Waals surface area contributed by atoms with E-state index >= 15 is 0 Å². The predicted octanol–water partition coefficient (Wildman–Crippen LogP) is 2.92. The number of hydrogen-bond donors (Lipinski definition) is 1. The molecule has 126 valence electrons. The van der Waals surface area contributed by atoms with Crippen molar-refractivity contribution in [1.29, 1.82) is 0 Å². The van der Waals surface area contributed by atoms with Crippen molar-refractivity contribution in [2.24, 2.45) is 5.92 Å². The van der Waals surface area contributed by atoms with Gasteiger partial charge in [-0.15, -0.1) is 0 Å². The van der Waals surface area contributed by atoms with Gasteiger partial charge in [-0.3, -0.25) is 9.78 Å². The van der Waals surface area contributed by atoms with Gasteiger partial charge < -0.3 is 10.2 Å². The van der Waals surface area contributed by atoms with Crippen LogP contribution in [0, 0.1) is 5.92 Å². The monoisotopic (exact) mass is 316 g/mol. The molecule has 23 heavy (non-hydrogen) atoms. The molecule has 1 aliphatic heterocycles. The van der Waals surface area contributed by atoms with Crippen molar-refractivity contribution >= 4 is 11.7 Å².